The molecule has 0 aromatic rings. The van der Waals surface area contributed by atoms with Gasteiger partial charge in [-0.05, 0) is 50.9 Å². The first kappa shape index (κ1) is 20.2. The van der Waals surface area contributed by atoms with E-state index >= 15 is 0 Å². The zero-order chi connectivity index (χ0) is 17.3. The largest absolute Gasteiger partial charge is 0.349 e. The fraction of sp³-hybridized carbons (Fsp3) is 1.00. The summed E-state index contributed by atoms with van der Waals surface area (Å²) in [6, 6.07) is 0. The Balaban J connectivity index is 1.93. The SMILES string of the molecule is CCCCCCCCC(C1CC1)C(OCCC)(OCCC)C1CC1. The van der Waals surface area contributed by atoms with E-state index in [0.29, 0.717) is 11.8 Å². The minimum Gasteiger partial charge on any atom is -0.349 e. The predicted octanol–water partition coefficient (Wildman–Crippen LogP) is 6.72. The van der Waals surface area contributed by atoms with Crippen LogP contribution in [0.2, 0.25) is 0 Å². The van der Waals surface area contributed by atoms with Gasteiger partial charge in [-0.25, -0.2) is 0 Å². The van der Waals surface area contributed by atoms with E-state index in [1.54, 1.807) is 0 Å². The molecule has 1 atom stereocenters. The Labute approximate surface area is 151 Å². The van der Waals surface area contributed by atoms with Gasteiger partial charge in [-0.2, -0.15) is 0 Å². The Morgan fingerprint density at radius 3 is 1.83 bits per heavy atom. The second kappa shape index (κ2) is 10.8. The van der Waals surface area contributed by atoms with Crippen LogP contribution in [-0.2, 0) is 9.47 Å². The van der Waals surface area contributed by atoms with Crippen molar-refractivity contribution in [3.8, 4) is 0 Å². The van der Waals surface area contributed by atoms with Crippen LogP contribution in [0.3, 0.4) is 0 Å². The van der Waals surface area contributed by atoms with Crippen molar-refractivity contribution in [3.63, 3.8) is 0 Å². The molecule has 24 heavy (non-hydrogen) atoms. The highest BCUT2D eigenvalue weighted by Crippen LogP contribution is 2.55. The summed E-state index contributed by atoms with van der Waals surface area (Å²) in [5.74, 6) is 1.95. The smallest absolute Gasteiger partial charge is 0.174 e. The average molecular weight is 339 g/mol. The summed E-state index contributed by atoms with van der Waals surface area (Å²) >= 11 is 0. The van der Waals surface area contributed by atoms with Gasteiger partial charge in [-0.3, -0.25) is 0 Å². The van der Waals surface area contributed by atoms with Crippen molar-refractivity contribution in [2.75, 3.05) is 13.2 Å². The summed E-state index contributed by atoms with van der Waals surface area (Å²) in [7, 11) is 0. The topological polar surface area (TPSA) is 18.5 Å². The molecule has 2 aliphatic rings. The van der Waals surface area contributed by atoms with Crippen LogP contribution in [0, 0.1) is 17.8 Å². The molecule has 0 amide bonds. The first-order valence-electron chi connectivity index (χ1n) is 11.1. The molecule has 0 spiro atoms. The van der Waals surface area contributed by atoms with Gasteiger partial charge in [0.1, 0.15) is 0 Å². The summed E-state index contributed by atoms with van der Waals surface area (Å²) in [6.07, 6.45) is 17.3. The quantitative estimate of drug-likeness (QED) is 0.230. The molecule has 2 heteroatoms. The van der Waals surface area contributed by atoms with E-state index in [0.717, 1.165) is 32.0 Å². The van der Waals surface area contributed by atoms with Gasteiger partial charge in [-0.1, -0.05) is 59.3 Å². The maximum Gasteiger partial charge on any atom is 0.174 e. The fourth-order valence-electron chi connectivity index (χ4n) is 4.21. The Morgan fingerprint density at radius 1 is 0.750 bits per heavy atom. The van der Waals surface area contributed by atoms with E-state index in [4.69, 9.17) is 9.47 Å². The normalized spacial score (nSPS) is 19.6. The van der Waals surface area contributed by atoms with Crippen molar-refractivity contribution >= 4 is 0 Å². The average Bonchev–Trinajstić information content (AvgIpc) is 3.48. The van der Waals surface area contributed by atoms with E-state index in [9.17, 15) is 0 Å². The molecule has 0 aromatic carbocycles. The molecule has 2 aliphatic carbocycles. The summed E-state index contributed by atoms with van der Waals surface area (Å²) in [5, 5.41) is 0. The van der Waals surface area contributed by atoms with Gasteiger partial charge in [0.25, 0.3) is 0 Å². The highest BCUT2D eigenvalue weighted by molar-refractivity contribution is 4.99. The van der Waals surface area contributed by atoms with Gasteiger partial charge in [0.2, 0.25) is 0 Å². The van der Waals surface area contributed by atoms with Crippen LogP contribution >= 0.6 is 0 Å². The molecular formula is C22H42O2. The first-order valence-corrected chi connectivity index (χ1v) is 11.1. The van der Waals surface area contributed by atoms with E-state index in [2.05, 4.69) is 20.8 Å². The van der Waals surface area contributed by atoms with Crippen LogP contribution < -0.4 is 0 Å². The van der Waals surface area contributed by atoms with Crippen molar-refractivity contribution in [2.24, 2.45) is 17.8 Å². The molecular weight excluding hydrogens is 296 g/mol. The van der Waals surface area contributed by atoms with Crippen LogP contribution in [0.4, 0.5) is 0 Å². The zero-order valence-corrected chi connectivity index (χ0v) is 16.7. The fourth-order valence-corrected chi connectivity index (χ4v) is 4.21. The number of hydrogen-bond donors (Lipinski definition) is 0. The third-order valence-electron chi connectivity index (χ3n) is 5.79. The number of hydrogen-bond acceptors (Lipinski definition) is 2. The summed E-state index contributed by atoms with van der Waals surface area (Å²) in [4.78, 5) is 0. The highest BCUT2D eigenvalue weighted by Gasteiger charge is 2.56. The molecule has 0 N–H and O–H groups in total. The van der Waals surface area contributed by atoms with Gasteiger partial charge in [0.15, 0.2) is 5.79 Å². The van der Waals surface area contributed by atoms with E-state index in [-0.39, 0.29) is 5.79 Å². The monoisotopic (exact) mass is 338 g/mol. The van der Waals surface area contributed by atoms with Gasteiger partial charge >= 0.3 is 0 Å². The summed E-state index contributed by atoms with van der Waals surface area (Å²) in [6.45, 7) is 8.46. The Morgan fingerprint density at radius 2 is 1.33 bits per heavy atom. The maximum atomic E-state index is 6.54. The molecule has 142 valence electrons. The third-order valence-corrected chi connectivity index (χ3v) is 5.79. The van der Waals surface area contributed by atoms with Gasteiger partial charge in [0, 0.05) is 25.0 Å². The van der Waals surface area contributed by atoms with Crippen LogP contribution in [0.1, 0.15) is 104 Å². The second-order valence-corrected chi connectivity index (χ2v) is 8.19. The number of ether oxygens (including phenoxy) is 2. The molecule has 0 aliphatic heterocycles. The van der Waals surface area contributed by atoms with E-state index < -0.39 is 0 Å². The molecule has 0 saturated heterocycles. The molecule has 2 saturated carbocycles. The second-order valence-electron chi connectivity index (χ2n) is 8.19. The highest BCUT2D eigenvalue weighted by atomic mass is 16.7. The van der Waals surface area contributed by atoms with Crippen LogP contribution in [-0.4, -0.2) is 19.0 Å². The number of rotatable bonds is 16. The van der Waals surface area contributed by atoms with Crippen LogP contribution in [0.5, 0.6) is 0 Å². The Hall–Kier alpha value is -0.0800. The predicted molar refractivity (Wildman–Crippen MR) is 102 cm³/mol. The molecule has 0 bridgehead atoms. The molecule has 0 heterocycles. The van der Waals surface area contributed by atoms with Crippen molar-refractivity contribution < 1.29 is 9.47 Å². The van der Waals surface area contributed by atoms with Gasteiger partial charge < -0.3 is 9.47 Å². The molecule has 0 radical (unpaired) electrons. The third kappa shape index (κ3) is 6.02. The zero-order valence-electron chi connectivity index (χ0n) is 16.7. The molecule has 1 unspecified atom stereocenters. The summed E-state index contributed by atoms with van der Waals surface area (Å²) < 4.78 is 13.1. The minimum atomic E-state index is -0.239. The van der Waals surface area contributed by atoms with E-state index in [1.807, 2.05) is 0 Å². The number of unbranched alkanes of at least 4 members (excludes halogenated alkanes) is 5. The molecule has 2 rings (SSSR count). The lowest BCUT2D eigenvalue weighted by molar-refractivity contribution is -0.285. The maximum absolute atomic E-state index is 6.54. The lowest BCUT2D eigenvalue weighted by Gasteiger charge is -2.41. The standard InChI is InChI=1S/C22H42O2/c1-4-7-8-9-10-11-12-21(19-13-14-19)22(20-15-16-20,23-17-5-2)24-18-6-3/h19-21H,4-18H2,1-3H3. The van der Waals surface area contributed by atoms with Crippen LogP contribution in [0.15, 0.2) is 0 Å². The van der Waals surface area contributed by atoms with E-state index in [1.165, 1.54) is 70.6 Å². The lowest BCUT2D eigenvalue weighted by Crippen LogP contribution is -2.47. The lowest BCUT2D eigenvalue weighted by atomic mass is 9.84. The van der Waals surface area contributed by atoms with Gasteiger partial charge in [-0.15, -0.1) is 0 Å². The Kier molecular flexibility index (Phi) is 9.11. The molecule has 2 fully saturated rings. The summed E-state index contributed by atoms with van der Waals surface area (Å²) in [5.41, 5.74) is 0. The van der Waals surface area contributed by atoms with Crippen molar-refractivity contribution in [1.82, 2.24) is 0 Å². The molecule has 0 aromatic heterocycles. The Bertz CT molecular complexity index is 312. The molecule has 2 nitrogen and oxygen atoms in total. The first-order chi connectivity index (χ1) is 11.8. The van der Waals surface area contributed by atoms with Gasteiger partial charge in [0.05, 0.1) is 0 Å². The van der Waals surface area contributed by atoms with Crippen molar-refractivity contribution in [3.05, 3.63) is 0 Å². The van der Waals surface area contributed by atoms with Crippen molar-refractivity contribution in [1.29, 1.82) is 0 Å². The van der Waals surface area contributed by atoms with Crippen molar-refractivity contribution in [2.45, 2.75) is 110 Å². The van der Waals surface area contributed by atoms with Crippen LogP contribution in [0.25, 0.3) is 0 Å². The minimum absolute atomic E-state index is 0.239.